The van der Waals surface area contributed by atoms with Gasteiger partial charge in [0.1, 0.15) is 0 Å². The van der Waals surface area contributed by atoms with Crippen LogP contribution < -0.4 is 10.9 Å². The molecule has 0 atom stereocenters. The summed E-state index contributed by atoms with van der Waals surface area (Å²) in [6.45, 7) is 3.86. The van der Waals surface area contributed by atoms with E-state index in [0.717, 1.165) is 16.7 Å². The highest BCUT2D eigenvalue weighted by molar-refractivity contribution is 7.89. The van der Waals surface area contributed by atoms with Gasteiger partial charge in [-0.2, -0.15) is 0 Å². The Morgan fingerprint density at radius 1 is 1.00 bits per heavy atom. The molecule has 100 valence electrons. The van der Waals surface area contributed by atoms with Crippen molar-refractivity contribution in [2.45, 2.75) is 18.7 Å². The van der Waals surface area contributed by atoms with Crippen LogP contribution in [0.15, 0.2) is 41.3 Å². The zero-order valence-corrected chi connectivity index (χ0v) is 11.7. The maximum absolute atomic E-state index is 11.7. The number of sulfonamides is 1. The molecule has 4 nitrogen and oxygen atoms in total. The van der Waals surface area contributed by atoms with E-state index in [1.807, 2.05) is 32.0 Å². The first-order valence-corrected chi connectivity index (χ1v) is 7.34. The van der Waals surface area contributed by atoms with Crippen LogP contribution in [0.4, 0.5) is 5.69 Å². The largest absolute Gasteiger partial charge is 0.399 e. The van der Waals surface area contributed by atoms with Crippen LogP contribution in [0.2, 0.25) is 0 Å². The van der Waals surface area contributed by atoms with E-state index in [1.165, 1.54) is 12.1 Å². The summed E-state index contributed by atoms with van der Waals surface area (Å²) < 4.78 is 23.4. The lowest BCUT2D eigenvalue weighted by atomic mass is 9.95. The summed E-state index contributed by atoms with van der Waals surface area (Å²) in [5.41, 5.74) is 9.66. The lowest BCUT2D eigenvalue weighted by Gasteiger charge is -2.14. The molecule has 0 saturated heterocycles. The Morgan fingerprint density at radius 2 is 1.58 bits per heavy atom. The molecule has 0 heterocycles. The van der Waals surface area contributed by atoms with Crippen LogP contribution in [0.1, 0.15) is 11.1 Å². The van der Waals surface area contributed by atoms with Gasteiger partial charge in [-0.25, -0.2) is 13.6 Å². The normalized spacial score (nSPS) is 11.5. The molecule has 0 bridgehead atoms. The Hall–Kier alpha value is -1.85. The number of benzene rings is 2. The van der Waals surface area contributed by atoms with Crippen LogP contribution in [0.3, 0.4) is 0 Å². The molecule has 0 amide bonds. The molecule has 19 heavy (non-hydrogen) atoms. The molecular weight excluding hydrogens is 260 g/mol. The van der Waals surface area contributed by atoms with Crippen molar-refractivity contribution >= 4 is 15.7 Å². The van der Waals surface area contributed by atoms with E-state index in [-0.39, 0.29) is 4.90 Å². The van der Waals surface area contributed by atoms with Crippen molar-refractivity contribution in [1.82, 2.24) is 0 Å². The number of hydrogen-bond donors (Lipinski definition) is 2. The number of primary sulfonamides is 1. The zero-order valence-electron chi connectivity index (χ0n) is 10.8. The molecule has 2 aromatic carbocycles. The Bertz CT molecular complexity index is 717. The van der Waals surface area contributed by atoms with Gasteiger partial charge in [-0.1, -0.05) is 18.2 Å². The first kappa shape index (κ1) is 13.6. The third-order valence-corrected chi connectivity index (χ3v) is 4.03. The molecule has 2 aromatic rings. The molecule has 0 aliphatic rings. The number of rotatable bonds is 2. The number of nitrogen functional groups attached to an aromatic ring is 1. The summed E-state index contributed by atoms with van der Waals surface area (Å²) in [4.78, 5) is 0.0964. The molecule has 0 radical (unpaired) electrons. The lowest BCUT2D eigenvalue weighted by molar-refractivity contribution is 0.598. The quantitative estimate of drug-likeness (QED) is 0.824. The van der Waals surface area contributed by atoms with Gasteiger partial charge in [0.15, 0.2) is 0 Å². The van der Waals surface area contributed by atoms with Crippen molar-refractivity contribution in [1.29, 1.82) is 0 Å². The van der Waals surface area contributed by atoms with E-state index < -0.39 is 10.0 Å². The summed E-state index contributed by atoms with van der Waals surface area (Å²) in [6.07, 6.45) is 0. The Morgan fingerprint density at radius 3 is 2.11 bits per heavy atom. The van der Waals surface area contributed by atoms with Crippen molar-refractivity contribution in [3.05, 3.63) is 47.5 Å². The minimum atomic E-state index is -3.79. The second kappa shape index (κ2) is 4.68. The van der Waals surface area contributed by atoms with Gasteiger partial charge in [0.25, 0.3) is 0 Å². The summed E-state index contributed by atoms with van der Waals surface area (Å²) >= 11 is 0. The third-order valence-electron chi connectivity index (χ3n) is 3.06. The third kappa shape index (κ3) is 2.62. The number of aryl methyl sites for hydroxylation is 2. The molecule has 2 rings (SSSR count). The van der Waals surface area contributed by atoms with Gasteiger partial charge in [0.05, 0.1) is 4.90 Å². The average Bonchev–Trinajstić information content (AvgIpc) is 2.27. The van der Waals surface area contributed by atoms with E-state index in [9.17, 15) is 8.42 Å². The standard InChI is InChI=1S/C14H16N2O2S/c1-9-4-3-5-10(2)14(9)12-8-11(15)6-7-13(12)19(16,17)18/h3-8H,15H2,1-2H3,(H2,16,17,18). The average molecular weight is 276 g/mol. The van der Waals surface area contributed by atoms with E-state index in [2.05, 4.69) is 0 Å². The Kier molecular flexibility index (Phi) is 3.34. The highest BCUT2D eigenvalue weighted by atomic mass is 32.2. The first-order valence-electron chi connectivity index (χ1n) is 5.79. The van der Waals surface area contributed by atoms with Crippen LogP contribution in [-0.2, 0) is 10.0 Å². The molecule has 0 unspecified atom stereocenters. The van der Waals surface area contributed by atoms with Crippen LogP contribution in [0.5, 0.6) is 0 Å². The van der Waals surface area contributed by atoms with E-state index >= 15 is 0 Å². The van der Waals surface area contributed by atoms with Crippen LogP contribution in [0, 0.1) is 13.8 Å². The van der Waals surface area contributed by atoms with Crippen molar-refractivity contribution in [2.24, 2.45) is 5.14 Å². The zero-order chi connectivity index (χ0) is 14.2. The van der Waals surface area contributed by atoms with Crippen molar-refractivity contribution in [2.75, 3.05) is 5.73 Å². The topological polar surface area (TPSA) is 86.2 Å². The Labute approximate surface area is 113 Å². The lowest BCUT2D eigenvalue weighted by Crippen LogP contribution is -2.14. The molecule has 4 N–H and O–H groups in total. The molecule has 0 aliphatic heterocycles. The summed E-state index contributed by atoms with van der Waals surface area (Å²) in [5, 5.41) is 5.28. The van der Waals surface area contributed by atoms with Crippen LogP contribution in [-0.4, -0.2) is 8.42 Å². The maximum atomic E-state index is 11.7. The predicted octanol–water partition coefficient (Wildman–Crippen LogP) is 2.20. The summed E-state index contributed by atoms with van der Waals surface area (Å²) in [7, 11) is -3.79. The number of hydrogen-bond acceptors (Lipinski definition) is 3. The van der Waals surface area contributed by atoms with Gasteiger partial charge in [-0.05, 0) is 48.7 Å². The molecule has 0 spiro atoms. The molecule has 0 fully saturated rings. The van der Waals surface area contributed by atoms with Crippen LogP contribution >= 0.6 is 0 Å². The van der Waals surface area contributed by atoms with Crippen molar-refractivity contribution < 1.29 is 8.42 Å². The highest BCUT2D eigenvalue weighted by Gasteiger charge is 2.17. The minimum absolute atomic E-state index is 0.0964. The van der Waals surface area contributed by atoms with Gasteiger partial charge < -0.3 is 5.73 Å². The molecule has 0 saturated carbocycles. The minimum Gasteiger partial charge on any atom is -0.399 e. The fourth-order valence-corrected chi connectivity index (χ4v) is 2.96. The fraction of sp³-hybridized carbons (Fsp3) is 0.143. The van der Waals surface area contributed by atoms with E-state index in [1.54, 1.807) is 6.07 Å². The van der Waals surface area contributed by atoms with E-state index in [0.29, 0.717) is 11.3 Å². The fourth-order valence-electron chi connectivity index (χ4n) is 2.23. The molecule has 0 aromatic heterocycles. The van der Waals surface area contributed by atoms with Crippen LogP contribution in [0.25, 0.3) is 11.1 Å². The maximum Gasteiger partial charge on any atom is 0.238 e. The molecule has 5 heteroatoms. The SMILES string of the molecule is Cc1cccc(C)c1-c1cc(N)ccc1S(N)(=O)=O. The first-order chi connectivity index (χ1) is 8.80. The smallest absolute Gasteiger partial charge is 0.238 e. The van der Waals surface area contributed by atoms with Crippen molar-refractivity contribution in [3.63, 3.8) is 0 Å². The second-order valence-electron chi connectivity index (χ2n) is 4.57. The van der Waals surface area contributed by atoms with Gasteiger partial charge in [-0.3, -0.25) is 0 Å². The number of anilines is 1. The van der Waals surface area contributed by atoms with E-state index in [4.69, 9.17) is 10.9 Å². The van der Waals surface area contributed by atoms with Gasteiger partial charge in [0.2, 0.25) is 10.0 Å². The van der Waals surface area contributed by atoms with Gasteiger partial charge in [0, 0.05) is 11.3 Å². The van der Waals surface area contributed by atoms with Crippen molar-refractivity contribution in [3.8, 4) is 11.1 Å². The predicted molar refractivity (Wildman–Crippen MR) is 77.1 cm³/mol. The highest BCUT2D eigenvalue weighted by Crippen LogP contribution is 2.33. The monoisotopic (exact) mass is 276 g/mol. The second-order valence-corrected chi connectivity index (χ2v) is 6.10. The summed E-state index contributed by atoms with van der Waals surface area (Å²) in [5.74, 6) is 0. The molecule has 0 aliphatic carbocycles. The number of nitrogens with two attached hydrogens (primary N) is 2. The molecular formula is C14H16N2O2S. The van der Waals surface area contributed by atoms with Gasteiger partial charge in [-0.15, -0.1) is 0 Å². The summed E-state index contributed by atoms with van der Waals surface area (Å²) in [6, 6.07) is 10.4. The Balaban J connectivity index is 2.86. The van der Waals surface area contributed by atoms with Gasteiger partial charge >= 0.3 is 0 Å².